The molecule has 2 aromatic rings. The summed E-state index contributed by atoms with van der Waals surface area (Å²) in [5, 5.41) is 13.9. The van der Waals surface area contributed by atoms with E-state index in [0.29, 0.717) is 36.5 Å². The molecular formula is C15H18N4O3S. The Balaban J connectivity index is 1.76. The highest BCUT2D eigenvalue weighted by Gasteiger charge is 2.29. The Morgan fingerprint density at radius 1 is 1.35 bits per heavy atom. The van der Waals surface area contributed by atoms with E-state index in [0.717, 1.165) is 10.6 Å². The first kappa shape index (κ1) is 15.7. The van der Waals surface area contributed by atoms with E-state index < -0.39 is 5.97 Å². The van der Waals surface area contributed by atoms with Crippen LogP contribution < -0.4 is 0 Å². The van der Waals surface area contributed by atoms with E-state index in [-0.39, 0.29) is 11.8 Å². The van der Waals surface area contributed by atoms with Crippen LogP contribution in [0.4, 0.5) is 0 Å². The lowest BCUT2D eigenvalue weighted by Gasteiger charge is -2.29. The first-order valence-corrected chi connectivity index (χ1v) is 8.26. The number of carbonyl (C=O) groups excluding carboxylic acids is 1. The van der Waals surface area contributed by atoms with Gasteiger partial charge in [-0.15, -0.1) is 11.3 Å². The zero-order valence-electron chi connectivity index (χ0n) is 13.0. The second kappa shape index (κ2) is 6.11. The molecule has 3 rings (SSSR count). The molecule has 7 nitrogen and oxygen atoms in total. The lowest BCUT2D eigenvalue weighted by Crippen LogP contribution is -2.40. The number of carbonyl (C=O) groups is 2. The molecule has 1 N–H and O–H groups in total. The van der Waals surface area contributed by atoms with E-state index in [1.807, 2.05) is 20.2 Å². The van der Waals surface area contributed by atoms with Crippen LogP contribution in [0.15, 0.2) is 12.4 Å². The van der Waals surface area contributed by atoms with Gasteiger partial charge in [0.05, 0.1) is 17.8 Å². The molecule has 1 amide bonds. The maximum absolute atomic E-state index is 12.7. The number of carboxylic acids is 1. The SMILES string of the molecule is Cc1nc(-c2cnn(C)c2)sc1C(=O)N1CCC(C(=O)O)CC1. The number of likely N-dealkylation sites (tertiary alicyclic amines) is 1. The van der Waals surface area contributed by atoms with Gasteiger partial charge in [0.15, 0.2) is 0 Å². The van der Waals surface area contributed by atoms with Crippen molar-refractivity contribution in [2.24, 2.45) is 13.0 Å². The van der Waals surface area contributed by atoms with Gasteiger partial charge in [0.25, 0.3) is 5.91 Å². The smallest absolute Gasteiger partial charge is 0.306 e. The number of aryl methyl sites for hydroxylation is 2. The summed E-state index contributed by atoms with van der Waals surface area (Å²) >= 11 is 1.36. The second-order valence-corrected chi connectivity index (χ2v) is 6.74. The minimum Gasteiger partial charge on any atom is -0.481 e. The molecule has 0 aliphatic carbocycles. The minimum atomic E-state index is -0.773. The molecule has 122 valence electrons. The first-order chi connectivity index (χ1) is 11.0. The fourth-order valence-electron chi connectivity index (χ4n) is 2.72. The Morgan fingerprint density at radius 2 is 2.04 bits per heavy atom. The quantitative estimate of drug-likeness (QED) is 0.924. The third kappa shape index (κ3) is 3.12. The van der Waals surface area contributed by atoms with Crippen molar-refractivity contribution < 1.29 is 14.7 Å². The van der Waals surface area contributed by atoms with Crippen molar-refractivity contribution in [3.8, 4) is 10.6 Å². The summed E-state index contributed by atoms with van der Waals surface area (Å²) in [6, 6.07) is 0. The van der Waals surface area contributed by atoms with Crippen LogP contribution in [-0.4, -0.2) is 49.7 Å². The zero-order chi connectivity index (χ0) is 16.6. The fourth-order valence-corrected chi connectivity index (χ4v) is 3.73. The summed E-state index contributed by atoms with van der Waals surface area (Å²) in [5.74, 6) is -1.17. The van der Waals surface area contributed by atoms with E-state index in [2.05, 4.69) is 10.1 Å². The van der Waals surface area contributed by atoms with Crippen LogP contribution in [0.2, 0.25) is 0 Å². The molecule has 0 saturated carbocycles. The van der Waals surface area contributed by atoms with Gasteiger partial charge in [0.1, 0.15) is 9.88 Å². The molecule has 0 radical (unpaired) electrons. The van der Waals surface area contributed by atoms with Crippen molar-refractivity contribution in [3.63, 3.8) is 0 Å². The van der Waals surface area contributed by atoms with Gasteiger partial charge < -0.3 is 10.0 Å². The molecule has 1 aliphatic rings. The second-order valence-electron chi connectivity index (χ2n) is 5.74. The Kier molecular flexibility index (Phi) is 4.16. The summed E-state index contributed by atoms with van der Waals surface area (Å²) in [7, 11) is 1.84. The van der Waals surface area contributed by atoms with Gasteiger partial charge in [-0.05, 0) is 19.8 Å². The summed E-state index contributed by atoms with van der Waals surface area (Å²) < 4.78 is 1.70. The van der Waals surface area contributed by atoms with E-state index >= 15 is 0 Å². The molecule has 1 aliphatic heterocycles. The molecule has 8 heteroatoms. The zero-order valence-corrected chi connectivity index (χ0v) is 13.8. The lowest BCUT2D eigenvalue weighted by atomic mass is 9.97. The van der Waals surface area contributed by atoms with Gasteiger partial charge in [-0.1, -0.05) is 0 Å². The highest BCUT2D eigenvalue weighted by Crippen LogP contribution is 2.29. The first-order valence-electron chi connectivity index (χ1n) is 7.44. The van der Waals surface area contributed by atoms with E-state index in [9.17, 15) is 9.59 Å². The number of aliphatic carboxylic acids is 1. The minimum absolute atomic E-state index is 0.0565. The van der Waals surface area contributed by atoms with Crippen LogP contribution in [0.3, 0.4) is 0 Å². The third-order valence-corrected chi connectivity index (χ3v) is 5.27. The number of nitrogens with zero attached hydrogens (tertiary/aromatic N) is 4. The van der Waals surface area contributed by atoms with Crippen molar-refractivity contribution in [1.82, 2.24) is 19.7 Å². The highest BCUT2D eigenvalue weighted by molar-refractivity contribution is 7.17. The van der Waals surface area contributed by atoms with E-state index in [1.165, 1.54) is 11.3 Å². The van der Waals surface area contributed by atoms with Crippen molar-refractivity contribution >= 4 is 23.2 Å². The molecule has 23 heavy (non-hydrogen) atoms. The third-order valence-electron chi connectivity index (χ3n) is 4.07. The van der Waals surface area contributed by atoms with Gasteiger partial charge in [-0.3, -0.25) is 14.3 Å². The molecule has 0 unspecified atom stereocenters. The molecule has 2 aromatic heterocycles. The maximum atomic E-state index is 12.7. The van der Waals surface area contributed by atoms with Gasteiger partial charge in [0, 0.05) is 31.9 Å². The summed E-state index contributed by atoms with van der Waals surface area (Å²) in [5.41, 5.74) is 1.60. The molecule has 0 aromatic carbocycles. The van der Waals surface area contributed by atoms with Gasteiger partial charge in [0.2, 0.25) is 0 Å². The number of rotatable bonds is 3. The predicted molar refractivity (Wildman–Crippen MR) is 85.3 cm³/mol. The fraction of sp³-hybridized carbons (Fsp3) is 0.467. The highest BCUT2D eigenvalue weighted by atomic mass is 32.1. The van der Waals surface area contributed by atoms with Crippen molar-refractivity contribution in [1.29, 1.82) is 0 Å². The number of carboxylic acid groups (broad SMARTS) is 1. The Bertz CT molecular complexity index is 744. The molecule has 1 saturated heterocycles. The molecule has 0 bridgehead atoms. The van der Waals surface area contributed by atoms with Gasteiger partial charge in [-0.25, -0.2) is 4.98 Å². The average Bonchev–Trinajstić information content (AvgIpc) is 3.12. The van der Waals surface area contributed by atoms with Crippen LogP contribution >= 0.6 is 11.3 Å². The van der Waals surface area contributed by atoms with Crippen LogP contribution in [0.25, 0.3) is 10.6 Å². The van der Waals surface area contributed by atoms with E-state index in [4.69, 9.17) is 5.11 Å². The summed E-state index contributed by atoms with van der Waals surface area (Å²) in [6.45, 7) is 2.79. The van der Waals surface area contributed by atoms with Crippen LogP contribution in [-0.2, 0) is 11.8 Å². The number of aromatic nitrogens is 3. The van der Waals surface area contributed by atoms with Gasteiger partial charge >= 0.3 is 5.97 Å². The monoisotopic (exact) mass is 334 g/mol. The standard InChI is InChI=1S/C15H18N4O3S/c1-9-12(23-13(17-9)11-7-16-18(2)8-11)14(20)19-5-3-10(4-6-19)15(21)22/h7-8,10H,3-6H2,1-2H3,(H,21,22). The Morgan fingerprint density at radius 3 is 2.61 bits per heavy atom. The van der Waals surface area contributed by atoms with Crippen LogP contribution in [0.1, 0.15) is 28.2 Å². The summed E-state index contributed by atoms with van der Waals surface area (Å²) in [6.07, 6.45) is 4.61. The normalized spacial score (nSPS) is 15.8. The van der Waals surface area contributed by atoms with E-state index in [1.54, 1.807) is 15.8 Å². The van der Waals surface area contributed by atoms with Gasteiger partial charge in [-0.2, -0.15) is 5.10 Å². The van der Waals surface area contributed by atoms with Crippen molar-refractivity contribution in [2.45, 2.75) is 19.8 Å². The number of amides is 1. The molecule has 3 heterocycles. The average molecular weight is 334 g/mol. The van der Waals surface area contributed by atoms with Crippen molar-refractivity contribution in [2.75, 3.05) is 13.1 Å². The van der Waals surface area contributed by atoms with Crippen molar-refractivity contribution in [3.05, 3.63) is 23.0 Å². The lowest BCUT2D eigenvalue weighted by molar-refractivity contribution is -0.143. The summed E-state index contributed by atoms with van der Waals surface area (Å²) in [4.78, 5) is 30.5. The predicted octanol–water partition coefficient (Wildman–Crippen LogP) is 1.79. The van der Waals surface area contributed by atoms with Crippen LogP contribution in [0, 0.1) is 12.8 Å². The molecule has 0 spiro atoms. The molecule has 0 atom stereocenters. The Labute approximate surface area is 137 Å². The number of piperidine rings is 1. The molecular weight excluding hydrogens is 316 g/mol. The number of thiazole rings is 1. The topological polar surface area (TPSA) is 88.3 Å². The number of hydrogen-bond acceptors (Lipinski definition) is 5. The number of hydrogen-bond donors (Lipinski definition) is 1. The maximum Gasteiger partial charge on any atom is 0.306 e. The largest absolute Gasteiger partial charge is 0.481 e. The van der Waals surface area contributed by atoms with Crippen LogP contribution in [0.5, 0.6) is 0 Å². The molecule has 1 fully saturated rings. The Hall–Kier alpha value is -2.22.